The van der Waals surface area contributed by atoms with Gasteiger partial charge in [-0.25, -0.2) is 0 Å². The zero-order valence-corrected chi connectivity index (χ0v) is 84.8. The molecule has 1 N–H and O–H groups in total. The monoisotopic (exact) mass is 2050 g/mol. The van der Waals surface area contributed by atoms with Gasteiger partial charge in [-0.05, 0) is 171 Å². The number of hydrogen-bond donors (Lipinski definition) is 1. The fourth-order valence-corrected chi connectivity index (χ4v) is 24.2. The second-order valence-corrected chi connectivity index (χ2v) is 50.9. The van der Waals surface area contributed by atoms with Crippen LogP contribution in [-0.2, 0) is 0 Å². The number of unbranched alkanes of at least 4 members (excludes halogenated alkanes) is 1. The minimum atomic E-state index is -2.62. The van der Waals surface area contributed by atoms with Gasteiger partial charge in [0.05, 0.1) is 66.2 Å². The summed E-state index contributed by atoms with van der Waals surface area (Å²) in [6.07, 6.45) is 2.28. The maximum absolute atomic E-state index is 5.43. The summed E-state index contributed by atoms with van der Waals surface area (Å²) >= 11 is 24.7. The molecule has 0 atom stereocenters. The zero-order chi connectivity index (χ0) is 89.8. The summed E-state index contributed by atoms with van der Waals surface area (Å²) in [5, 5.41) is 20.5. The van der Waals surface area contributed by atoms with Gasteiger partial charge in [-0.2, -0.15) is 6.42 Å². The van der Waals surface area contributed by atoms with Gasteiger partial charge in [0.25, 0.3) is 0 Å². The summed E-state index contributed by atoms with van der Waals surface area (Å²) in [4.78, 5) is 3.38. The number of hydrogen-bond acceptors (Lipinski definition) is 0. The van der Waals surface area contributed by atoms with E-state index in [9.17, 15) is 0 Å². The molecule has 0 aliphatic heterocycles. The van der Waals surface area contributed by atoms with E-state index in [0.717, 1.165) is 58.4 Å². The molecule has 18 heteroatoms. The molecular weight excluding hydrogens is 1970 g/mol. The maximum atomic E-state index is 5.43. The molecule has 7 aromatic heterocycles. The average Bonchev–Trinajstić information content (AvgIpc) is 1.54. The first-order valence-electron chi connectivity index (χ1n) is 44.1. The molecule has 0 fully saturated rings. The van der Waals surface area contributed by atoms with Crippen LogP contribution in [0.3, 0.4) is 0 Å². The Balaban J connectivity index is 0.000000153. The maximum Gasteiger partial charge on any atom is 1.00 e. The van der Waals surface area contributed by atoms with Crippen molar-refractivity contribution in [2.75, 3.05) is 0 Å². The third-order valence-electron chi connectivity index (χ3n) is 24.7. The molecule has 0 saturated heterocycles. The van der Waals surface area contributed by atoms with Crippen LogP contribution in [0.15, 0.2) is 430 Å². The Bertz CT molecular complexity index is 7580. The predicted molar refractivity (Wildman–Crippen MR) is 596 cm³/mol. The average molecular weight is 2060 g/mol. The Kier molecular flexibility index (Phi) is 28.1. The van der Waals surface area contributed by atoms with Crippen LogP contribution in [0, 0.1) is 6.92 Å². The summed E-state index contributed by atoms with van der Waals surface area (Å²) in [6, 6.07) is 150. The third kappa shape index (κ3) is 18.1. The molecule has 0 aliphatic rings. The first-order chi connectivity index (χ1) is 63.8. The van der Waals surface area contributed by atoms with Crippen molar-refractivity contribution < 1.29 is 18.9 Å². The number of para-hydroxylation sites is 14. The molecule has 0 amide bonds. The minimum absolute atomic E-state index is 0. The normalized spacial score (nSPS) is 11.5. The number of rotatable bonds is 9. The van der Waals surface area contributed by atoms with Crippen molar-refractivity contribution in [3.63, 3.8) is 0 Å². The van der Waals surface area contributed by atoms with Crippen molar-refractivity contribution >= 4 is 280 Å². The van der Waals surface area contributed by atoms with Crippen molar-refractivity contribution in [3.8, 4) is 34.1 Å². The van der Waals surface area contributed by atoms with Gasteiger partial charge in [-0.3, -0.25) is 0 Å². The Labute approximate surface area is 840 Å². The Morgan fingerprint density at radius 1 is 0.239 bits per heavy atom. The van der Waals surface area contributed by atoms with Crippen LogP contribution in [0.4, 0.5) is 0 Å². The number of H-pyrrole nitrogens is 1. The van der Waals surface area contributed by atoms with E-state index in [1.807, 2.05) is 31.3 Å². The van der Waals surface area contributed by atoms with E-state index >= 15 is 0 Å². The van der Waals surface area contributed by atoms with E-state index < -0.39 is 14.8 Å². The fourth-order valence-electron chi connectivity index (χ4n) is 18.9. The molecule has 0 saturated carbocycles. The van der Waals surface area contributed by atoms with Crippen molar-refractivity contribution in [2.24, 2.45) is 0 Å². The summed E-state index contributed by atoms with van der Waals surface area (Å²) in [5.74, 6) is 0. The van der Waals surface area contributed by atoms with Gasteiger partial charge in [0.15, 0.2) is 0 Å². The van der Waals surface area contributed by atoms with Crippen molar-refractivity contribution in [3.05, 3.63) is 437 Å². The van der Waals surface area contributed by atoms with Gasteiger partial charge >= 0.3 is 18.9 Å². The van der Waals surface area contributed by atoms with Crippen molar-refractivity contribution in [1.29, 1.82) is 0 Å². The molecule has 646 valence electrons. The Morgan fingerprint density at radius 3 is 0.552 bits per heavy atom. The Hall–Kier alpha value is -11.8. The summed E-state index contributed by atoms with van der Waals surface area (Å²) in [5.41, 5.74) is 23.8. The molecule has 0 aliphatic carbocycles. The molecule has 0 unspecified atom stereocenters. The summed E-state index contributed by atoms with van der Waals surface area (Å²) < 4.78 is 19.0. The SMILES string of the molecule is Brc1cc(-n2c3ccccc3c3ccccc32)cc(-n2c3ccccc3c3ccccc32)c1.Brc1cc(Br)cc(Br)c1.C[Si](C)(Cl)Cl.C[Si](C)(c1cc(-n2c3ccccc3c3ccccc32)cc(-n2c3ccccc3c3ccccc32)c1)c1cc(-n2c3ccccc3c3ccccc32)cc(-n2c3ccccc3c3ccccc32)c1.[B].[B].[CH2-]CCC.[Li+].c1ccc2c(c1)[nH]c1ccccc12. The summed E-state index contributed by atoms with van der Waals surface area (Å²) in [7, 11) is -2.62. The van der Waals surface area contributed by atoms with Crippen molar-refractivity contribution in [2.45, 2.75) is 46.0 Å². The first kappa shape index (κ1) is 94.0. The molecule has 25 rings (SSSR count). The van der Waals surface area contributed by atoms with E-state index in [-0.39, 0.29) is 35.7 Å². The number of aromatic nitrogens is 7. The van der Waals surface area contributed by atoms with E-state index in [4.69, 9.17) is 22.2 Å². The van der Waals surface area contributed by atoms with E-state index in [1.165, 1.54) is 169 Å². The van der Waals surface area contributed by atoms with Gasteiger partial charge in [-0.1, -0.05) is 355 Å². The molecule has 134 heavy (non-hydrogen) atoms. The summed E-state index contributed by atoms with van der Waals surface area (Å²) in [6.45, 7) is 12.9. The standard InChI is InChI=1S/C62H44N4Si.C30H19BrN2.C12H9N.C6H3Br3.C4H9.C2H6Cl2Si.2B.Li/c1-67(2,45-37-41(63-55-27-11-3-19-47(55)48-20-4-12-28-56(48)63)35-42(38-45)64-57-29-13-5-21-49(57)50-22-6-14-30-58(50)64)46-39-43(65-59-31-15-7-23-51(59)52-24-8-16-32-60(52)65)36-44(40-46)66-61-33-17-9-25-53(61)54-26-10-18-34-62(54)66;31-20-17-21(32-27-13-5-1-9-23(27)24-10-2-6-14-28(24)32)19-22(18-20)33-29-15-7-3-11-25(29)26-12-4-8-16-30(26)33;1-3-7-11-9(5-1)10-6-2-4-8-12(10)13-11;7-4-1-5(8)3-6(9)2-4;1-3-4-2;1-5(2,3)4;;;/h3-40H,1-2H3;1-19H;1-8,13H;1-3H;1,3-4H2,2H3;1-2H3;;;/q;;;;-1;;;;+1. The fraction of sp³-hybridized carbons (Fsp3) is 0.0603. The molecule has 7 nitrogen and oxygen atoms in total. The minimum Gasteiger partial charge on any atom is -0.355 e. The molecule has 0 bridgehead atoms. The number of halogens is 6. The first-order valence-corrected chi connectivity index (χ1v) is 55.3. The molecule has 0 spiro atoms. The van der Waals surface area contributed by atoms with Crippen LogP contribution < -0.4 is 29.2 Å². The molecular formula is C116H90B2Br4Cl2LiN7Si2. The Morgan fingerprint density at radius 2 is 0.381 bits per heavy atom. The van der Waals surface area contributed by atoms with Gasteiger partial charge in [0.1, 0.15) is 8.07 Å². The predicted octanol–water partition coefficient (Wildman–Crippen LogP) is 30.9. The van der Waals surface area contributed by atoms with Gasteiger partial charge in [0, 0.05) is 155 Å². The molecule has 6 radical (unpaired) electrons. The van der Waals surface area contributed by atoms with Gasteiger partial charge in [-0.15, -0.1) is 22.2 Å². The number of nitrogens with zero attached hydrogens (tertiary/aromatic N) is 6. The number of nitrogens with one attached hydrogen (secondary N) is 1. The largest absolute Gasteiger partial charge is 1.00 e. The number of benzene rings is 18. The van der Waals surface area contributed by atoms with E-state index in [1.54, 1.807) is 0 Å². The van der Waals surface area contributed by atoms with Crippen LogP contribution in [-0.4, -0.2) is 64.0 Å². The van der Waals surface area contributed by atoms with Crippen molar-refractivity contribution in [1.82, 2.24) is 32.4 Å². The van der Waals surface area contributed by atoms with E-state index in [2.05, 4.69) is 517 Å². The second-order valence-electron chi connectivity index (χ2n) is 34.0. The molecule has 7 heterocycles. The van der Waals surface area contributed by atoms with Gasteiger partial charge < -0.3 is 39.3 Å². The quantitative estimate of drug-likeness (QED) is 0.0851. The van der Waals surface area contributed by atoms with E-state index in [0.29, 0.717) is 0 Å². The zero-order valence-electron chi connectivity index (χ0n) is 75.0. The van der Waals surface area contributed by atoms with Crippen LogP contribution in [0.2, 0.25) is 26.2 Å². The third-order valence-corrected chi connectivity index (χ3v) is 30.0. The van der Waals surface area contributed by atoms with Crippen LogP contribution >= 0.6 is 85.9 Å². The topological polar surface area (TPSA) is 45.4 Å². The van der Waals surface area contributed by atoms with Crippen LogP contribution in [0.25, 0.3) is 187 Å². The van der Waals surface area contributed by atoms with Gasteiger partial charge in [0.2, 0.25) is 6.69 Å². The number of aromatic amines is 1. The smallest absolute Gasteiger partial charge is 0.355 e. The molecule has 18 aromatic carbocycles. The van der Waals surface area contributed by atoms with Crippen LogP contribution in [0.1, 0.15) is 19.8 Å². The second kappa shape index (κ2) is 40.0. The van der Waals surface area contributed by atoms with Crippen LogP contribution in [0.5, 0.6) is 0 Å². The number of fused-ring (bicyclic) bond motifs is 21. The molecule has 25 aromatic rings.